The van der Waals surface area contributed by atoms with E-state index in [4.69, 9.17) is 0 Å². The number of hydrogen-bond acceptors (Lipinski definition) is 3. The van der Waals surface area contributed by atoms with Crippen LogP contribution in [0.2, 0.25) is 0 Å². The van der Waals surface area contributed by atoms with E-state index in [1.165, 1.54) is 35.6 Å². The van der Waals surface area contributed by atoms with Crippen LogP contribution in [-0.2, 0) is 11.3 Å². The number of rotatable bonds is 6. The van der Waals surface area contributed by atoms with E-state index in [1.807, 2.05) is 0 Å². The fraction of sp³-hybridized carbons (Fsp3) is 0.350. The quantitative estimate of drug-likeness (QED) is 0.811. The zero-order chi connectivity index (χ0) is 18.4. The van der Waals surface area contributed by atoms with Gasteiger partial charge in [-0.2, -0.15) is 0 Å². The summed E-state index contributed by atoms with van der Waals surface area (Å²) in [7, 11) is 0. The molecular weight excluding hydrogens is 333 g/mol. The van der Waals surface area contributed by atoms with Crippen molar-refractivity contribution in [1.29, 1.82) is 0 Å². The number of carbonyl (C=O) groups excluding carboxylic acids is 1. The fourth-order valence-corrected chi connectivity index (χ4v) is 3.16. The van der Waals surface area contributed by atoms with Gasteiger partial charge in [-0.3, -0.25) is 14.2 Å². The van der Waals surface area contributed by atoms with Crippen LogP contribution in [-0.4, -0.2) is 22.0 Å². The van der Waals surface area contributed by atoms with Gasteiger partial charge in [-0.05, 0) is 36.6 Å². The average Bonchev–Trinajstić information content (AvgIpc) is 3.17. The van der Waals surface area contributed by atoms with Crippen LogP contribution in [0, 0.1) is 5.82 Å². The van der Waals surface area contributed by atoms with Gasteiger partial charge in [-0.15, -0.1) is 0 Å². The highest BCUT2D eigenvalue weighted by atomic mass is 19.1. The molecule has 1 aliphatic carbocycles. The van der Waals surface area contributed by atoms with Gasteiger partial charge in [0.15, 0.2) is 0 Å². The van der Waals surface area contributed by atoms with E-state index in [0.717, 1.165) is 24.1 Å². The summed E-state index contributed by atoms with van der Waals surface area (Å²) in [6.07, 6.45) is 9.17. The Morgan fingerprint density at radius 3 is 2.69 bits per heavy atom. The van der Waals surface area contributed by atoms with Crippen LogP contribution in [0.5, 0.6) is 0 Å². The molecular formula is C20H22FN3O2. The Hall–Kier alpha value is -2.76. The monoisotopic (exact) mass is 355 g/mol. The highest BCUT2D eigenvalue weighted by Gasteiger charge is 2.18. The number of carbonyl (C=O) groups is 1. The van der Waals surface area contributed by atoms with Gasteiger partial charge >= 0.3 is 0 Å². The van der Waals surface area contributed by atoms with Crippen LogP contribution >= 0.6 is 0 Å². The molecule has 1 aromatic carbocycles. The summed E-state index contributed by atoms with van der Waals surface area (Å²) in [4.78, 5) is 28.4. The first-order valence-electron chi connectivity index (χ1n) is 8.90. The Labute approximate surface area is 151 Å². The van der Waals surface area contributed by atoms with Crippen molar-refractivity contribution in [3.8, 4) is 0 Å². The summed E-state index contributed by atoms with van der Waals surface area (Å²) in [6.45, 7) is 0.698. The Bertz CT molecular complexity index is 837. The van der Waals surface area contributed by atoms with E-state index in [2.05, 4.69) is 10.3 Å². The summed E-state index contributed by atoms with van der Waals surface area (Å²) in [5, 5.41) is 2.72. The van der Waals surface area contributed by atoms with Crippen LogP contribution in [0.15, 0.2) is 47.5 Å². The van der Waals surface area contributed by atoms with Gasteiger partial charge in [0, 0.05) is 31.1 Å². The molecule has 1 aliphatic rings. The van der Waals surface area contributed by atoms with Crippen molar-refractivity contribution in [3.05, 3.63) is 70.2 Å². The normalized spacial score (nSPS) is 14.8. The number of nitrogens with zero attached hydrogens (tertiary/aromatic N) is 2. The first-order valence-corrected chi connectivity index (χ1v) is 8.90. The second kappa shape index (κ2) is 8.56. The molecule has 0 bridgehead atoms. The number of aromatic nitrogens is 2. The van der Waals surface area contributed by atoms with Gasteiger partial charge in [0.05, 0.1) is 12.0 Å². The smallest absolute Gasteiger partial charge is 0.253 e. The fourth-order valence-electron chi connectivity index (χ4n) is 3.16. The number of halogens is 1. The zero-order valence-electron chi connectivity index (χ0n) is 14.5. The van der Waals surface area contributed by atoms with Crippen molar-refractivity contribution >= 4 is 12.0 Å². The molecule has 3 rings (SSSR count). The van der Waals surface area contributed by atoms with Crippen LogP contribution in [0.1, 0.15) is 42.9 Å². The number of hydrogen-bond donors (Lipinski definition) is 1. The third-order valence-electron chi connectivity index (χ3n) is 4.62. The lowest BCUT2D eigenvalue weighted by Gasteiger charge is -2.10. The molecule has 1 aromatic heterocycles. The summed E-state index contributed by atoms with van der Waals surface area (Å²) in [5.74, 6) is -0.170. The SMILES string of the molecule is O=C(/C=C/c1ccc(F)cc1)NCCn1cnc(C2CCCC2)cc1=O. The molecule has 0 saturated heterocycles. The predicted octanol–water partition coefficient (Wildman–Crippen LogP) is 2.87. The van der Waals surface area contributed by atoms with Crippen LogP contribution in [0.3, 0.4) is 0 Å². The van der Waals surface area contributed by atoms with Gasteiger partial charge in [-0.25, -0.2) is 9.37 Å². The molecule has 5 nitrogen and oxygen atoms in total. The highest BCUT2D eigenvalue weighted by molar-refractivity contribution is 5.91. The molecule has 0 radical (unpaired) electrons. The first kappa shape index (κ1) is 18.0. The zero-order valence-corrected chi connectivity index (χ0v) is 14.5. The summed E-state index contributed by atoms with van der Waals surface area (Å²) in [6, 6.07) is 7.48. The minimum Gasteiger partial charge on any atom is -0.351 e. The molecule has 1 fully saturated rings. The van der Waals surface area contributed by atoms with Crippen LogP contribution < -0.4 is 10.9 Å². The average molecular weight is 355 g/mol. The minimum atomic E-state index is -0.315. The third-order valence-corrected chi connectivity index (χ3v) is 4.62. The van der Waals surface area contributed by atoms with Crippen LogP contribution in [0.25, 0.3) is 6.08 Å². The summed E-state index contributed by atoms with van der Waals surface area (Å²) >= 11 is 0. The van der Waals surface area contributed by atoms with Crippen molar-refractivity contribution in [2.45, 2.75) is 38.1 Å². The second-order valence-corrected chi connectivity index (χ2v) is 6.50. The Balaban J connectivity index is 1.48. The number of benzene rings is 1. The molecule has 1 amide bonds. The first-order chi connectivity index (χ1) is 12.6. The maximum absolute atomic E-state index is 12.8. The number of nitrogens with one attached hydrogen (secondary N) is 1. The standard InChI is InChI=1S/C20H22FN3O2/c21-17-8-5-15(6-9-17)7-10-19(25)22-11-12-24-14-23-18(13-20(24)26)16-3-1-2-4-16/h5-10,13-14,16H,1-4,11-12H2,(H,22,25)/b10-7+. The molecule has 1 heterocycles. The molecule has 136 valence electrons. The molecule has 0 spiro atoms. The van der Waals surface area contributed by atoms with E-state index < -0.39 is 0 Å². The van der Waals surface area contributed by atoms with E-state index in [0.29, 0.717) is 19.0 Å². The third kappa shape index (κ3) is 4.88. The lowest BCUT2D eigenvalue weighted by atomic mass is 10.0. The largest absolute Gasteiger partial charge is 0.351 e. The van der Waals surface area contributed by atoms with Gasteiger partial charge in [0.1, 0.15) is 5.82 Å². The lowest BCUT2D eigenvalue weighted by molar-refractivity contribution is -0.116. The molecule has 2 aromatic rings. The summed E-state index contributed by atoms with van der Waals surface area (Å²) < 4.78 is 14.3. The minimum absolute atomic E-state index is 0.0852. The molecule has 26 heavy (non-hydrogen) atoms. The molecule has 0 aliphatic heterocycles. The Kier molecular flexibility index (Phi) is 5.94. The molecule has 6 heteroatoms. The molecule has 0 unspecified atom stereocenters. The predicted molar refractivity (Wildman–Crippen MR) is 98.1 cm³/mol. The highest BCUT2D eigenvalue weighted by Crippen LogP contribution is 2.32. The van der Waals surface area contributed by atoms with Gasteiger partial charge in [0.2, 0.25) is 5.91 Å². The van der Waals surface area contributed by atoms with Crippen molar-refractivity contribution in [2.24, 2.45) is 0 Å². The van der Waals surface area contributed by atoms with Gasteiger partial charge in [-0.1, -0.05) is 25.0 Å². The van der Waals surface area contributed by atoms with Crippen LogP contribution in [0.4, 0.5) is 4.39 Å². The molecule has 0 atom stereocenters. The van der Waals surface area contributed by atoms with Crippen molar-refractivity contribution in [1.82, 2.24) is 14.9 Å². The second-order valence-electron chi connectivity index (χ2n) is 6.50. The van der Waals surface area contributed by atoms with Gasteiger partial charge in [0.25, 0.3) is 5.56 Å². The molecule has 1 N–H and O–H groups in total. The number of amides is 1. The van der Waals surface area contributed by atoms with Crippen molar-refractivity contribution in [3.63, 3.8) is 0 Å². The Morgan fingerprint density at radius 2 is 2.00 bits per heavy atom. The summed E-state index contributed by atoms with van der Waals surface area (Å²) in [5.41, 5.74) is 1.54. The maximum atomic E-state index is 12.8. The van der Waals surface area contributed by atoms with Crippen molar-refractivity contribution < 1.29 is 9.18 Å². The lowest BCUT2D eigenvalue weighted by Crippen LogP contribution is -2.30. The molecule has 1 saturated carbocycles. The van der Waals surface area contributed by atoms with Gasteiger partial charge < -0.3 is 5.32 Å². The van der Waals surface area contributed by atoms with E-state index in [-0.39, 0.29) is 17.3 Å². The topological polar surface area (TPSA) is 64.0 Å². The van der Waals surface area contributed by atoms with E-state index in [9.17, 15) is 14.0 Å². The van der Waals surface area contributed by atoms with E-state index in [1.54, 1.807) is 30.6 Å². The Morgan fingerprint density at radius 1 is 1.27 bits per heavy atom. The van der Waals surface area contributed by atoms with Crippen molar-refractivity contribution in [2.75, 3.05) is 6.54 Å². The van der Waals surface area contributed by atoms with E-state index >= 15 is 0 Å². The maximum Gasteiger partial charge on any atom is 0.253 e.